The van der Waals surface area contributed by atoms with E-state index < -0.39 is 32.7 Å². The van der Waals surface area contributed by atoms with E-state index in [4.69, 9.17) is 4.74 Å². The first-order chi connectivity index (χ1) is 15.7. The number of carbonyl (C=O) groups is 2. The average Bonchev–Trinajstić information content (AvgIpc) is 2.79. The van der Waals surface area contributed by atoms with Crippen LogP contribution in [0.15, 0.2) is 77.7 Å². The first kappa shape index (κ1) is 24.1. The molecule has 0 aliphatic carbocycles. The number of carbonyl (C=O) groups excluding carboxylic acids is 2. The third-order valence-electron chi connectivity index (χ3n) is 4.85. The standard InChI is InChI=1S/C24H23FN2O5S/c1-16(28)18-9-6-10-20(14-18)26-24(29)21(13-17-7-4-3-5-8-17)27-33(30,31)23-15-19(25)11-12-22(23)32-2/h3-12,14-15,21,27H,13H2,1-2H3,(H,26,29). The van der Waals surface area contributed by atoms with Crippen LogP contribution in [0.2, 0.25) is 0 Å². The molecule has 0 fully saturated rings. The molecule has 1 amide bonds. The van der Waals surface area contributed by atoms with Crippen LogP contribution in [0.3, 0.4) is 0 Å². The summed E-state index contributed by atoms with van der Waals surface area (Å²) in [6.45, 7) is 1.40. The fourth-order valence-corrected chi connectivity index (χ4v) is 4.57. The van der Waals surface area contributed by atoms with Gasteiger partial charge in [0.05, 0.1) is 7.11 Å². The zero-order valence-electron chi connectivity index (χ0n) is 18.0. The molecule has 7 nitrogen and oxygen atoms in total. The van der Waals surface area contributed by atoms with Gasteiger partial charge in [-0.2, -0.15) is 4.72 Å². The lowest BCUT2D eigenvalue weighted by Crippen LogP contribution is -2.45. The maximum Gasteiger partial charge on any atom is 0.245 e. The minimum atomic E-state index is -4.33. The molecule has 0 radical (unpaired) electrons. The van der Waals surface area contributed by atoms with Crippen LogP contribution in [0, 0.1) is 5.82 Å². The van der Waals surface area contributed by atoms with Crippen LogP contribution in [0.5, 0.6) is 5.75 Å². The van der Waals surface area contributed by atoms with Crippen molar-refractivity contribution in [3.63, 3.8) is 0 Å². The molecule has 0 aliphatic rings. The number of rotatable bonds is 9. The zero-order valence-corrected chi connectivity index (χ0v) is 18.9. The zero-order chi connectivity index (χ0) is 24.0. The highest BCUT2D eigenvalue weighted by atomic mass is 32.2. The normalized spacial score (nSPS) is 12.1. The highest BCUT2D eigenvalue weighted by Crippen LogP contribution is 2.25. The van der Waals surface area contributed by atoms with Gasteiger partial charge in [0.25, 0.3) is 0 Å². The van der Waals surface area contributed by atoms with Crippen LogP contribution in [-0.4, -0.2) is 33.3 Å². The Bertz CT molecular complexity index is 1260. The van der Waals surface area contributed by atoms with E-state index >= 15 is 0 Å². The predicted molar refractivity (Wildman–Crippen MR) is 122 cm³/mol. The smallest absolute Gasteiger partial charge is 0.245 e. The van der Waals surface area contributed by atoms with Crippen molar-refractivity contribution in [3.05, 3.63) is 89.7 Å². The number of benzene rings is 3. The molecule has 3 rings (SSSR count). The Kier molecular flexibility index (Phi) is 7.57. The summed E-state index contributed by atoms with van der Waals surface area (Å²) in [4.78, 5) is 24.3. The fourth-order valence-electron chi connectivity index (χ4n) is 3.19. The summed E-state index contributed by atoms with van der Waals surface area (Å²) < 4.78 is 47.4. The minimum Gasteiger partial charge on any atom is -0.495 e. The second kappa shape index (κ2) is 10.4. The molecule has 3 aromatic rings. The molecule has 172 valence electrons. The van der Waals surface area contributed by atoms with Gasteiger partial charge >= 0.3 is 0 Å². The summed E-state index contributed by atoms with van der Waals surface area (Å²) in [7, 11) is -3.07. The van der Waals surface area contributed by atoms with E-state index in [-0.39, 0.29) is 18.0 Å². The van der Waals surface area contributed by atoms with Gasteiger partial charge in [-0.3, -0.25) is 9.59 Å². The summed E-state index contributed by atoms with van der Waals surface area (Å²) in [5.41, 5.74) is 1.45. The van der Waals surface area contributed by atoms with Gasteiger partial charge in [-0.25, -0.2) is 12.8 Å². The molecule has 1 atom stereocenters. The van der Waals surface area contributed by atoms with E-state index in [9.17, 15) is 22.4 Å². The maximum atomic E-state index is 13.8. The highest BCUT2D eigenvalue weighted by molar-refractivity contribution is 7.89. The molecule has 0 saturated carbocycles. The second-order valence-corrected chi connectivity index (χ2v) is 8.97. The van der Waals surface area contributed by atoms with Crippen LogP contribution in [0.1, 0.15) is 22.8 Å². The van der Waals surface area contributed by atoms with E-state index in [1.807, 2.05) is 0 Å². The van der Waals surface area contributed by atoms with E-state index in [0.29, 0.717) is 16.8 Å². The number of Topliss-reactive ketones (excluding diaryl/α,β-unsaturated/α-hetero) is 1. The number of methoxy groups -OCH3 is 1. The first-order valence-electron chi connectivity index (χ1n) is 10.0. The van der Waals surface area contributed by atoms with Gasteiger partial charge < -0.3 is 10.1 Å². The fraction of sp³-hybridized carbons (Fsp3) is 0.167. The molecular weight excluding hydrogens is 447 g/mol. The Morgan fingerprint density at radius 1 is 1.00 bits per heavy atom. The van der Waals surface area contributed by atoms with Gasteiger partial charge in [0, 0.05) is 11.3 Å². The van der Waals surface area contributed by atoms with Gasteiger partial charge in [0.15, 0.2) is 5.78 Å². The lowest BCUT2D eigenvalue weighted by Gasteiger charge is -2.20. The summed E-state index contributed by atoms with van der Waals surface area (Å²) in [6.07, 6.45) is 0.0376. The number of amides is 1. The Labute approximate surface area is 191 Å². The largest absolute Gasteiger partial charge is 0.495 e. The van der Waals surface area contributed by atoms with Crippen LogP contribution >= 0.6 is 0 Å². The number of anilines is 1. The SMILES string of the molecule is COc1ccc(F)cc1S(=O)(=O)NC(Cc1ccccc1)C(=O)Nc1cccc(C(C)=O)c1. The maximum absolute atomic E-state index is 13.8. The third-order valence-corrected chi connectivity index (χ3v) is 6.34. The number of nitrogens with one attached hydrogen (secondary N) is 2. The van der Waals surface area contributed by atoms with Gasteiger partial charge in [-0.05, 0) is 49.2 Å². The van der Waals surface area contributed by atoms with Crippen molar-refractivity contribution in [1.29, 1.82) is 0 Å². The summed E-state index contributed by atoms with van der Waals surface area (Å²) in [5.74, 6) is -1.64. The Balaban J connectivity index is 1.93. The summed E-state index contributed by atoms with van der Waals surface area (Å²) in [6, 6.07) is 17.0. The van der Waals surface area contributed by atoms with Crippen LogP contribution < -0.4 is 14.8 Å². The van der Waals surface area contributed by atoms with E-state index in [2.05, 4.69) is 10.0 Å². The molecule has 0 heterocycles. The molecule has 0 spiro atoms. The number of sulfonamides is 1. The topological polar surface area (TPSA) is 102 Å². The Morgan fingerprint density at radius 2 is 1.73 bits per heavy atom. The average molecular weight is 471 g/mol. The first-order valence-corrected chi connectivity index (χ1v) is 11.5. The number of ketones is 1. The van der Waals surface area contributed by atoms with Crippen molar-refractivity contribution in [2.45, 2.75) is 24.3 Å². The van der Waals surface area contributed by atoms with E-state index in [1.54, 1.807) is 48.5 Å². The minimum absolute atomic E-state index is 0.0376. The lowest BCUT2D eigenvalue weighted by molar-refractivity contribution is -0.117. The molecule has 0 saturated heterocycles. The molecule has 0 aromatic heterocycles. The molecule has 9 heteroatoms. The molecule has 0 aliphatic heterocycles. The molecule has 2 N–H and O–H groups in total. The van der Waals surface area contributed by atoms with Crippen molar-refractivity contribution in [3.8, 4) is 5.75 Å². The van der Waals surface area contributed by atoms with Crippen molar-refractivity contribution >= 4 is 27.4 Å². The molecule has 1 unspecified atom stereocenters. The van der Waals surface area contributed by atoms with Gasteiger partial charge in [-0.1, -0.05) is 42.5 Å². The Hall–Kier alpha value is -3.56. The second-order valence-electron chi connectivity index (χ2n) is 7.29. The van der Waals surface area contributed by atoms with Crippen LogP contribution in [0.25, 0.3) is 0 Å². The van der Waals surface area contributed by atoms with Crippen molar-refractivity contribution in [2.24, 2.45) is 0 Å². The van der Waals surface area contributed by atoms with Crippen molar-refractivity contribution < 1.29 is 27.1 Å². The number of halogens is 1. The quantitative estimate of drug-likeness (QED) is 0.466. The molecule has 3 aromatic carbocycles. The molecule has 0 bridgehead atoms. The third kappa shape index (κ3) is 6.24. The number of ether oxygens (including phenoxy) is 1. The Morgan fingerprint density at radius 3 is 2.39 bits per heavy atom. The predicted octanol–water partition coefficient (Wildman–Crippen LogP) is 3.57. The number of hydrogen-bond donors (Lipinski definition) is 2. The van der Waals surface area contributed by atoms with E-state index in [0.717, 1.165) is 12.1 Å². The summed E-state index contributed by atoms with van der Waals surface area (Å²) in [5, 5.41) is 2.65. The van der Waals surface area contributed by atoms with E-state index in [1.165, 1.54) is 26.2 Å². The van der Waals surface area contributed by atoms with Crippen LogP contribution in [0.4, 0.5) is 10.1 Å². The van der Waals surface area contributed by atoms with Crippen molar-refractivity contribution in [2.75, 3.05) is 12.4 Å². The van der Waals surface area contributed by atoms with Crippen LogP contribution in [-0.2, 0) is 21.2 Å². The highest BCUT2D eigenvalue weighted by Gasteiger charge is 2.29. The summed E-state index contributed by atoms with van der Waals surface area (Å²) >= 11 is 0. The van der Waals surface area contributed by atoms with Gasteiger partial charge in [0.1, 0.15) is 22.5 Å². The van der Waals surface area contributed by atoms with Crippen molar-refractivity contribution in [1.82, 2.24) is 4.72 Å². The molecular formula is C24H23FN2O5S. The van der Waals surface area contributed by atoms with Gasteiger partial charge in [-0.15, -0.1) is 0 Å². The van der Waals surface area contributed by atoms with Gasteiger partial charge in [0.2, 0.25) is 15.9 Å². The number of hydrogen-bond acceptors (Lipinski definition) is 5. The molecule has 33 heavy (non-hydrogen) atoms. The monoisotopic (exact) mass is 470 g/mol. The lowest BCUT2D eigenvalue weighted by atomic mass is 10.1.